The van der Waals surface area contributed by atoms with E-state index >= 15 is 0 Å². The van der Waals surface area contributed by atoms with Crippen LogP contribution >= 0.6 is 0 Å². The fraction of sp³-hybridized carbons (Fsp3) is 0.250. The highest BCUT2D eigenvalue weighted by atomic mass is 16.6. The number of rotatable bonds is 3. The molecule has 1 atom stereocenters. The molecule has 0 aliphatic carbocycles. The third kappa shape index (κ3) is 1.98. The summed E-state index contributed by atoms with van der Waals surface area (Å²) in [5.74, 6) is -0.428. The third-order valence-electron chi connectivity index (χ3n) is 1.80. The Balaban J connectivity index is 3.12. The summed E-state index contributed by atoms with van der Waals surface area (Å²) in [5, 5.41) is 28.8. The highest BCUT2D eigenvalue weighted by Gasteiger charge is 2.16. The number of nitrogens with zero attached hydrogens (tertiary/aromatic N) is 1. The minimum Gasteiger partial charge on any atom is -0.502 e. The van der Waals surface area contributed by atoms with E-state index in [0.29, 0.717) is 5.56 Å². The summed E-state index contributed by atoms with van der Waals surface area (Å²) in [4.78, 5) is 9.70. The normalized spacial score (nSPS) is 12.4. The lowest BCUT2D eigenvalue weighted by Gasteiger charge is -2.07. The molecule has 1 aromatic rings. The van der Waals surface area contributed by atoms with Crippen LogP contribution in [0, 0.1) is 10.1 Å². The number of nitro groups is 1. The van der Waals surface area contributed by atoms with Gasteiger partial charge in [-0.25, -0.2) is 0 Å². The number of aliphatic hydroxyl groups is 1. The quantitative estimate of drug-likeness (QED) is 0.477. The number of benzene rings is 1. The van der Waals surface area contributed by atoms with Crippen molar-refractivity contribution < 1.29 is 15.1 Å². The number of nitrogens with two attached hydrogens (primary N) is 1. The second-order valence-electron chi connectivity index (χ2n) is 2.76. The van der Waals surface area contributed by atoms with Crippen molar-refractivity contribution >= 4 is 5.69 Å². The zero-order chi connectivity index (χ0) is 10.7. The fourth-order valence-corrected chi connectivity index (χ4v) is 1.03. The van der Waals surface area contributed by atoms with Crippen molar-refractivity contribution in [1.29, 1.82) is 0 Å². The zero-order valence-electron chi connectivity index (χ0n) is 7.25. The Morgan fingerprint density at radius 1 is 1.57 bits per heavy atom. The molecule has 6 nitrogen and oxygen atoms in total. The number of hydrogen-bond donors (Lipinski definition) is 3. The molecule has 0 saturated carbocycles. The summed E-state index contributed by atoms with van der Waals surface area (Å²) in [6.07, 6.45) is -0.950. The van der Waals surface area contributed by atoms with Crippen LogP contribution in [-0.4, -0.2) is 21.7 Å². The van der Waals surface area contributed by atoms with Crippen molar-refractivity contribution in [2.75, 3.05) is 6.54 Å². The minimum atomic E-state index is -0.950. The summed E-state index contributed by atoms with van der Waals surface area (Å²) in [7, 11) is 0. The lowest BCUT2D eigenvalue weighted by atomic mass is 10.1. The van der Waals surface area contributed by atoms with Crippen molar-refractivity contribution in [3.05, 3.63) is 33.9 Å². The fourth-order valence-electron chi connectivity index (χ4n) is 1.03. The predicted octanol–water partition coefficient (Wildman–Crippen LogP) is 0.292. The molecule has 0 unspecified atom stereocenters. The van der Waals surface area contributed by atoms with Gasteiger partial charge < -0.3 is 15.9 Å². The van der Waals surface area contributed by atoms with Gasteiger partial charge in [-0.1, -0.05) is 6.07 Å². The van der Waals surface area contributed by atoms with E-state index in [2.05, 4.69) is 0 Å². The van der Waals surface area contributed by atoms with Crippen molar-refractivity contribution in [1.82, 2.24) is 0 Å². The van der Waals surface area contributed by atoms with Crippen LogP contribution in [0.1, 0.15) is 11.7 Å². The number of phenols is 1. The van der Waals surface area contributed by atoms with E-state index in [0.717, 1.165) is 12.1 Å². The Kier molecular flexibility index (Phi) is 3.00. The van der Waals surface area contributed by atoms with Gasteiger partial charge in [0.15, 0.2) is 5.75 Å². The van der Waals surface area contributed by atoms with Crippen LogP contribution in [0.15, 0.2) is 18.2 Å². The molecule has 0 amide bonds. The Labute approximate surface area is 79.7 Å². The molecule has 0 fully saturated rings. The van der Waals surface area contributed by atoms with E-state index in [4.69, 9.17) is 10.8 Å². The van der Waals surface area contributed by atoms with Gasteiger partial charge >= 0.3 is 5.69 Å². The Morgan fingerprint density at radius 3 is 2.71 bits per heavy atom. The minimum absolute atomic E-state index is 0.0259. The third-order valence-corrected chi connectivity index (χ3v) is 1.80. The molecule has 0 bridgehead atoms. The molecule has 0 spiro atoms. The Hall–Kier alpha value is -1.66. The second-order valence-corrected chi connectivity index (χ2v) is 2.76. The van der Waals surface area contributed by atoms with Crippen LogP contribution < -0.4 is 5.73 Å². The van der Waals surface area contributed by atoms with Gasteiger partial charge in [0.2, 0.25) is 0 Å². The number of hydrogen-bond acceptors (Lipinski definition) is 5. The summed E-state index contributed by atoms with van der Waals surface area (Å²) in [5.41, 5.74) is 5.07. The second kappa shape index (κ2) is 4.03. The molecule has 6 heteroatoms. The van der Waals surface area contributed by atoms with Gasteiger partial charge in [0.1, 0.15) is 0 Å². The molecule has 14 heavy (non-hydrogen) atoms. The molecule has 0 saturated heterocycles. The van der Waals surface area contributed by atoms with E-state index in [-0.39, 0.29) is 6.54 Å². The number of phenolic OH excluding ortho intramolecular Hbond substituents is 1. The van der Waals surface area contributed by atoms with Gasteiger partial charge in [0.25, 0.3) is 0 Å². The molecule has 0 aliphatic heterocycles. The van der Waals surface area contributed by atoms with E-state index < -0.39 is 22.5 Å². The van der Waals surface area contributed by atoms with Gasteiger partial charge in [-0.15, -0.1) is 0 Å². The highest BCUT2D eigenvalue weighted by molar-refractivity contribution is 5.48. The van der Waals surface area contributed by atoms with Crippen LogP contribution in [0.5, 0.6) is 5.75 Å². The van der Waals surface area contributed by atoms with E-state index in [9.17, 15) is 15.2 Å². The summed E-state index contributed by atoms with van der Waals surface area (Å²) in [6.45, 7) is -0.0259. The average Bonchev–Trinajstić information content (AvgIpc) is 2.17. The molecule has 0 aliphatic rings. The number of aromatic hydroxyl groups is 1. The molecule has 1 rings (SSSR count). The van der Waals surface area contributed by atoms with Crippen LogP contribution in [-0.2, 0) is 0 Å². The van der Waals surface area contributed by atoms with Gasteiger partial charge in [0, 0.05) is 12.6 Å². The highest BCUT2D eigenvalue weighted by Crippen LogP contribution is 2.28. The van der Waals surface area contributed by atoms with E-state index in [1.807, 2.05) is 0 Å². The monoisotopic (exact) mass is 198 g/mol. The molecular weight excluding hydrogens is 188 g/mol. The Morgan fingerprint density at radius 2 is 2.21 bits per heavy atom. The van der Waals surface area contributed by atoms with Gasteiger partial charge in [-0.05, 0) is 11.6 Å². The first-order valence-electron chi connectivity index (χ1n) is 3.91. The molecule has 1 aromatic carbocycles. The SMILES string of the molecule is NC[C@@H](O)c1ccc(O)c([N+](=O)[O-])c1. The van der Waals surface area contributed by atoms with Crippen LogP contribution in [0.4, 0.5) is 5.69 Å². The Bertz CT molecular complexity index is 353. The maximum Gasteiger partial charge on any atom is 0.311 e. The van der Waals surface area contributed by atoms with Crippen LogP contribution in [0.3, 0.4) is 0 Å². The smallest absolute Gasteiger partial charge is 0.311 e. The van der Waals surface area contributed by atoms with Gasteiger partial charge in [0.05, 0.1) is 11.0 Å². The average molecular weight is 198 g/mol. The summed E-state index contributed by atoms with van der Waals surface area (Å²) in [6, 6.07) is 3.65. The first-order valence-corrected chi connectivity index (χ1v) is 3.91. The molecule has 0 radical (unpaired) electrons. The van der Waals surface area contributed by atoms with E-state index in [1.54, 1.807) is 0 Å². The maximum atomic E-state index is 10.4. The maximum absolute atomic E-state index is 10.4. The van der Waals surface area contributed by atoms with Crippen molar-refractivity contribution in [3.8, 4) is 5.75 Å². The zero-order valence-corrected chi connectivity index (χ0v) is 7.25. The lowest BCUT2D eigenvalue weighted by molar-refractivity contribution is -0.386. The molecule has 76 valence electrons. The summed E-state index contributed by atoms with van der Waals surface area (Å²) >= 11 is 0. The largest absolute Gasteiger partial charge is 0.502 e. The van der Waals surface area contributed by atoms with Crippen LogP contribution in [0.2, 0.25) is 0 Å². The standard InChI is InChI=1S/C8H10N2O4/c9-4-8(12)5-1-2-7(11)6(3-5)10(13)14/h1-3,8,11-12H,4,9H2/t8-/m1/s1. The number of aliphatic hydroxyl groups excluding tert-OH is 1. The lowest BCUT2D eigenvalue weighted by Crippen LogP contribution is -2.11. The summed E-state index contributed by atoms with van der Waals surface area (Å²) < 4.78 is 0. The topological polar surface area (TPSA) is 110 Å². The molecule has 0 aromatic heterocycles. The van der Waals surface area contributed by atoms with Crippen molar-refractivity contribution in [2.45, 2.75) is 6.10 Å². The van der Waals surface area contributed by atoms with E-state index in [1.165, 1.54) is 6.07 Å². The first kappa shape index (κ1) is 10.4. The molecule has 4 N–H and O–H groups in total. The van der Waals surface area contributed by atoms with Crippen LogP contribution in [0.25, 0.3) is 0 Å². The van der Waals surface area contributed by atoms with Gasteiger partial charge in [-0.3, -0.25) is 10.1 Å². The predicted molar refractivity (Wildman–Crippen MR) is 48.8 cm³/mol. The van der Waals surface area contributed by atoms with Crippen molar-refractivity contribution in [2.24, 2.45) is 5.73 Å². The van der Waals surface area contributed by atoms with Gasteiger partial charge in [-0.2, -0.15) is 0 Å². The molecular formula is C8H10N2O4. The number of nitro benzene ring substituents is 1. The van der Waals surface area contributed by atoms with Crippen molar-refractivity contribution in [3.63, 3.8) is 0 Å². The first-order chi connectivity index (χ1) is 6.56. The molecule has 0 heterocycles.